The summed E-state index contributed by atoms with van der Waals surface area (Å²) in [6.45, 7) is 3.58. The van der Waals surface area contributed by atoms with E-state index in [2.05, 4.69) is 27.3 Å². The van der Waals surface area contributed by atoms with Crippen molar-refractivity contribution in [2.24, 2.45) is 0 Å². The molecule has 0 unspecified atom stereocenters. The highest BCUT2D eigenvalue weighted by Gasteiger charge is 2.22. The number of nitrogens with one attached hydrogen (secondary N) is 1. The second-order valence-corrected chi connectivity index (χ2v) is 7.37. The number of piperazine rings is 1. The molecular formula is C20H22N4O2S. The molecule has 2 aromatic carbocycles. The number of ether oxygens (including phenoxy) is 1. The van der Waals surface area contributed by atoms with Gasteiger partial charge in [-0.05, 0) is 34.5 Å². The predicted octanol–water partition coefficient (Wildman–Crippen LogP) is 3.34. The first-order chi connectivity index (χ1) is 13.2. The number of methoxy groups -OCH3 is 1. The van der Waals surface area contributed by atoms with Gasteiger partial charge in [-0.3, -0.25) is 0 Å². The molecular weight excluding hydrogens is 360 g/mol. The molecule has 2 amide bonds. The summed E-state index contributed by atoms with van der Waals surface area (Å²) < 4.78 is 5.26. The van der Waals surface area contributed by atoms with E-state index in [0.717, 1.165) is 40.3 Å². The van der Waals surface area contributed by atoms with Crippen LogP contribution in [0.5, 0.6) is 5.75 Å². The maximum Gasteiger partial charge on any atom is 0.317 e. The zero-order valence-corrected chi connectivity index (χ0v) is 16.0. The van der Waals surface area contributed by atoms with E-state index in [1.54, 1.807) is 18.4 Å². The Morgan fingerprint density at radius 2 is 1.93 bits per heavy atom. The standard InChI is InChI=1S/C20H22N4O2S/c1-26-18-5-4-16-12-15(2-3-17(16)13-18)14-22-19(25)23-7-9-24(10-8-23)20-21-6-11-27-20/h2-6,11-13H,7-10,14H2,1H3,(H,22,25). The Bertz CT molecular complexity index is 921. The van der Waals surface area contributed by atoms with E-state index in [-0.39, 0.29) is 6.03 Å². The Hall–Kier alpha value is -2.80. The molecule has 7 heteroatoms. The van der Waals surface area contributed by atoms with Gasteiger partial charge >= 0.3 is 6.03 Å². The second-order valence-electron chi connectivity index (χ2n) is 6.49. The Balaban J connectivity index is 1.32. The number of fused-ring (bicyclic) bond motifs is 1. The van der Waals surface area contributed by atoms with Crippen LogP contribution >= 0.6 is 11.3 Å². The molecule has 0 radical (unpaired) electrons. The van der Waals surface area contributed by atoms with Gasteiger partial charge in [0, 0.05) is 44.3 Å². The van der Waals surface area contributed by atoms with Crippen LogP contribution in [0.1, 0.15) is 5.56 Å². The molecule has 0 spiro atoms. The van der Waals surface area contributed by atoms with Gasteiger partial charge < -0.3 is 19.9 Å². The van der Waals surface area contributed by atoms with Gasteiger partial charge in [-0.2, -0.15) is 0 Å². The number of urea groups is 1. The van der Waals surface area contributed by atoms with Crippen molar-refractivity contribution >= 4 is 33.3 Å². The van der Waals surface area contributed by atoms with Crippen LogP contribution in [0.15, 0.2) is 48.0 Å². The summed E-state index contributed by atoms with van der Waals surface area (Å²) in [5, 5.41) is 8.31. The topological polar surface area (TPSA) is 57.7 Å². The lowest BCUT2D eigenvalue weighted by Crippen LogP contribution is -2.51. The maximum atomic E-state index is 12.5. The quantitative estimate of drug-likeness (QED) is 0.752. The minimum Gasteiger partial charge on any atom is -0.497 e. The van der Waals surface area contributed by atoms with E-state index in [0.29, 0.717) is 19.6 Å². The summed E-state index contributed by atoms with van der Waals surface area (Å²) in [5.74, 6) is 0.848. The number of hydrogen-bond donors (Lipinski definition) is 1. The number of carbonyl (C=O) groups excluding carboxylic acids is 1. The zero-order chi connectivity index (χ0) is 18.6. The first kappa shape index (κ1) is 17.6. The molecule has 1 aliphatic heterocycles. The molecule has 0 saturated carbocycles. The van der Waals surface area contributed by atoms with Crippen molar-refractivity contribution in [3.8, 4) is 5.75 Å². The van der Waals surface area contributed by atoms with Gasteiger partial charge in [-0.1, -0.05) is 18.2 Å². The van der Waals surface area contributed by atoms with Gasteiger partial charge in [0.05, 0.1) is 7.11 Å². The average Bonchev–Trinajstić information content (AvgIpc) is 3.26. The van der Waals surface area contributed by atoms with E-state index in [1.807, 2.05) is 40.7 Å². The van der Waals surface area contributed by atoms with Gasteiger partial charge in [0.25, 0.3) is 0 Å². The lowest BCUT2D eigenvalue weighted by molar-refractivity contribution is 0.194. The molecule has 1 N–H and O–H groups in total. The number of hydrogen-bond acceptors (Lipinski definition) is 5. The highest BCUT2D eigenvalue weighted by atomic mass is 32.1. The Morgan fingerprint density at radius 3 is 2.67 bits per heavy atom. The summed E-state index contributed by atoms with van der Waals surface area (Å²) in [6.07, 6.45) is 1.82. The number of benzene rings is 2. The van der Waals surface area contributed by atoms with Crippen LogP contribution in [0.3, 0.4) is 0 Å². The fourth-order valence-corrected chi connectivity index (χ4v) is 3.97. The van der Waals surface area contributed by atoms with E-state index < -0.39 is 0 Å². The molecule has 1 saturated heterocycles. The first-order valence-corrected chi connectivity index (χ1v) is 9.85. The lowest BCUT2D eigenvalue weighted by atomic mass is 10.1. The van der Waals surface area contributed by atoms with Crippen molar-refractivity contribution < 1.29 is 9.53 Å². The Kier molecular flexibility index (Phi) is 5.11. The van der Waals surface area contributed by atoms with Crippen LogP contribution in [0.2, 0.25) is 0 Å². The Labute approximate surface area is 162 Å². The van der Waals surface area contributed by atoms with Crippen molar-refractivity contribution in [2.45, 2.75) is 6.54 Å². The maximum absolute atomic E-state index is 12.5. The van der Waals surface area contributed by atoms with Crippen LogP contribution in [-0.2, 0) is 6.54 Å². The largest absolute Gasteiger partial charge is 0.497 e. The van der Waals surface area contributed by atoms with Crippen molar-refractivity contribution in [3.63, 3.8) is 0 Å². The number of carbonyl (C=O) groups is 1. The number of anilines is 1. The molecule has 1 aliphatic rings. The predicted molar refractivity (Wildman–Crippen MR) is 109 cm³/mol. The van der Waals surface area contributed by atoms with E-state index in [9.17, 15) is 4.79 Å². The summed E-state index contributed by atoms with van der Waals surface area (Å²) in [4.78, 5) is 20.9. The minimum atomic E-state index is -0.0105. The molecule has 1 fully saturated rings. The van der Waals surface area contributed by atoms with E-state index in [4.69, 9.17) is 4.74 Å². The van der Waals surface area contributed by atoms with Crippen molar-refractivity contribution in [3.05, 3.63) is 53.5 Å². The van der Waals surface area contributed by atoms with Gasteiger partial charge in [-0.15, -0.1) is 11.3 Å². The van der Waals surface area contributed by atoms with E-state index in [1.165, 1.54) is 0 Å². The first-order valence-electron chi connectivity index (χ1n) is 8.97. The molecule has 0 atom stereocenters. The molecule has 27 heavy (non-hydrogen) atoms. The van der Waals surface area contributed by atoms with Crippen LogP contribution < -0.4 is 15.0 Å². The SMILES string of the molecule is COc1ccc2cc(CNC(=O)N3CCN(c4nccs4)CC3)ccc2c1. The Morgan fingerprint density at radius 1 is 1.15 bits per heavy atom. The summed E-state index contributed by atoms with van der Waals surface area (Å²) >= 11 is 1.64. The number of nitrogens with zero attached hydrogens (tertiary/aromatic N) is 3. The van der Waals surface area contributed by atoms with Gasteiger partial charge in [0.1, 0.15) is 5.75 Å². The third-order valence-electron chi connectivity index (χ3n) is 4.81. The molecule has 0 bridgehead atoms. The van der Waals surface area contributed by atoms with Crippen LogP contribution in [0.4, 0.5) is 9.93 Å². The van der Waals surface area contributed by atoms with Gasteiger partial charge in [0.15, 0.2) is 5.13 Å². The highest BCUT2D eigenvalue weighted by Crippen LogP contribution is 2.22. The normalized spacial score (nSPS) is 14.4. The molecule has 140 valence electrons. The number of rotatable bonds is 4. The van der Waals surface area contributed by atoms with E-state index >= 15 is 0 Å². The zero-order valence-electron chi connectivity index (χ0n) is 15.2. The third kappa shape index (κ3) is 3.98. The molecule has 3 aromatic rings. The average molecular weight is 382 g/mol. The molecule has 4 rings (SSSR count). The number of amides is 2. The second kappa shape index (κ2) is 7.84. The highest BCUT2D eigenvalue weighted by molar-refractivity contribution is 7.13. The molecule has 6 nitrogen and oxygen atoms in total. The van der Waals surface area contributed by atoms with Crippen molar-refractivity contribution in [1.29, 1.82) is 0 Å². The minimum absolute atomic E-state index is 0.0105. The van der Waals surface area contributed by atoms with Crippen molar-refractivity contribution in [2.75, 3.05) is 38.2 Å². The van der Waals surface area contributed by atoms with Gasteiger partial charge in [0.2, 0.25) is 0 Å². The van der Waals surface area contributed by atoms with Crippen molar-refractivity contribution in [1.82, 2.24) is 15.2 Å². The fraction of sp³-hybridized carbons (Fsp3) is 0.300. The number of aromatic nitrogens is 1. The van der Waals surface area contributed by atoms with Crippen LogP contribution in [-0.4, -0.2) is 49.2 Å². The molecule has 2 heterocycles. The van der Waals surface area contributed by atoms with Crippen LogP contribution in [0, 0.1) is 0 Å². The lowest BCUT2D eigenvalue weighted by Gasteiger charge is -2.34. The number of thiazole rings is 1. The summed E-state index contributed by atoms with van der Waals surface area (Å²) in [6, 6.07) is 12.2. The molecule has 1 aromatic heterocycles. The fourth-order valence-electron chi connectivity index (χ4n) is 3.27. The smallest absolute Gasteiger partial charge is 0.317 e. The van der Waals surface area contributed by atoms with Crippen LogP contribution in [0.25, 0.3) is 10.8 Å². The third-order valence-corrected chi connectivity index (χ3v) is 5.64. The monoisotopic (exact) mass is 382 g/mol. The van der Waals surface area contributed by atoms with Gasteiger partial charge in [-0.25, -0.2) is 9.78 Å². The summed E-state index contributed by atoms with van der Waals surface area (Å²) in [5.41, 5.74) is 1.09. The summed E-state index contributed by atoms with van der Waals surface area (Å²) in [7, 11) is 1.67. The molecule has 0 aliphatic carbocycles.